The summed E-state index contributed by atoms with van der Waals surface area (Å²) < 4.78 is 39.9. The van der Waals surface area contributed by atoms with Gasteiger partial charge in [-0.05, 0) is 24.3 Å². The van der Waals surface area contributed by atoms with Crippen LogP contribution in [0.3, 0.4) is 0 Å². The predicted molar refractivity (Wildman–Crippen MR) is 124 cm³/mol. The number of benzene rings is 2. The Balaban J connectivity index is 0.00000341. The van der Waals surface area contributed by atoms with Gasteiger partial charge < -0.3 is 25.5 Å². The summed E-state index contributed by atoms with van der Waals surface area (Å²) in [4.78, 5) is 20.2. The predicted octanol–water partition coefficient (Wildman–Crippen LogP) is 2.76. The Morgan fingerprint density at radius 3 is 2.39 bits per heavy atom. The molecular formula is C20H23F3IN5O2. The van der Waals surface area contributed by atoms with E-state index >= 15 is 0 Å². The van der Waals surface area contributed by atoms with Gasteiger partial charge in [-0.2, -0.15) is 0 Å². The number of piperazine rings is 1. The maximum Gasteiger partial charge on any atom is 0.243 e. The number of carbonyl (C=O) groups excluding carboxylic acids is 1. The summed E-state index contributed by atoms with van der Waals surface area (Å²) in [7, 11) is 1.57. The Kier molecular flexibility index (Phi) is 8.77. The fourth-order valence-corrected chi connectivity index (χ4v) is 3.20. The van der Waals surface area contributed by atoms with Gasteiger partial charge in [0.1, 0.15) is 5.75 Å². The maximum atomic E-state index is 13.7. The van der Waals surface area contributed by atoms with Crippen LogP contribution in [0.15, 0.2) is 41.4 Å². The monoisotopic (exact) mass is 549 g/mol. The third-order valence-corrected chi connectivity index (χ3v) is 4.73. The van der Waals surface area contributed by atoms with Crippen LogP contribution in [0.5, 0.6) is 5.75 Å². The van der Waals surface area contributed by atoms with Gasteiger partial charge in [-0.25, -0.2) is 13.2 Å². The maximum absolute atomic E-state index is 13.7. The number of amides is 1. The number of hydrogen-bond donors (Lipinski definition) is 3. The van der Waals surface area contributed by atoms with Crippen LogP contribution in [0.4, 0.5) is 24.5 Å². The number of halogens is 4. The van der Waals surface area contributed by atoms with Crippen LogP contribution in [-0.4, -0.2) is 61.6 Å². The molecule has 7 nitrogen and oxygen atoms in total. The molecule has 0 bridgehead atoms. The number of nitrogens with one attached hydrogen (secondary N) is 2. The van der Waals surface area contributed by atoms with E-state index in [9.17, 15) is 23.1 Å². The molecule has 0 aliphatic carbocycles. The fourth-order valence-electron chi connectivity index (χ4n) is 3.20. The molecule has 0 spiro atoms. The molecule has 31 heavy (non-hydrogen) atoms. The van der Waals surface area contributed by atoms with Crippen molar-refractivity contribution in [2.75, 3.05) is 50.0 Å². The Morgan fingerprint density at radius 2 is 1.74 bits per heavy atom. The number of para-hydroxylation sites is 2. The summed E-state index contributed by atoms with van der Waals surface area (Å²) in [5.41, 5.74) is 0.319. The number of aromatic hydroxyl groups is 1. The Hall–Kier alpha value is -2.70. The molecule has 1 saturated heterocycles. The highest BCUT2D eigenvalue weighted by atomic mass is 127. The van der Waals surface area contributed by atoms with Crippen LogP contribution >= 0.6 is 24.0 Å². The summed E-state index contributed by atoms with van der Waals surface area (Å²) in [6, 6.07) is 8.80. The van der Waals surface area contributed by atoms with E-state index in [1.807, 2.05) is 17.0 Å². The number of rotatable bonds is 4. The van der Waals surface area contributed by atoms with Gasteiger partial charge in [0.25, 0.3) is 0 Å². The quantitative estimate of drug-likeness (QED) is 0.237. The van der Waals surface area contributed by atoms with Crippen molar-refractivity contribution in [2.24, 2.45) is 4.99 Å². The third-order valence-electron chi connectivity index (χ3n) is 4.73. The van der Waals surface area contributed by atoms with E-state index in [1.54, 1.807) is 19.2 Å². The highest BCUT2D eigenvalue weighted by molar-refractivity contribution is 14.0. The molecule has 1 aliphatic rings. The van der Waals surface area contributed by atoms with Gasteiger partial charge in [-0.1, -0.05) is 12.1 Å². The molecule has 0 atom stereocenters. The molecule has 0 saturated carbocycles. The number of anilines is 2. The highest BCUT2D eigenvalue weighted by Crippen LogP contribution is 2.27. The number of nitrogens with zero attached hydrogens (tertiary/aromatic N) is 3. The molecule has 3 N–H and O–H groups in total. The molecule has 0 radical (unpaired) electrons. The minimum absolute atomic E-state index is 0. The zero-order valence-electron chi connectivity index (χ0n) is 16.7. The van der Waals surface area contributed by atoms with Crippen LogP contribution in [-0.2, 0) is 4.79 Å². The number of carbonyl (C=O) groups is 1. The standard InChI is InChI=1S/C20H22F3N5O2.HI/c1-24-20(25-12-17(30)26-14-7-6-13(21)18(22)19(14)23)28-10-8-27(9-11-28)15-4-2-3-5-16(15)29;/h2-7,29H,8-12H2,1H3,(H,24,25)(H,26,30);1H. The second kappa shape index (κ2) is 11.1. The molecule has 1 heterocycles. The van der Waals surface area contributed by atoms with Crippen LogP contribution in [0.2, 0.25) is 0 Å². The number of guanidine groups is 1. The summed E-state index contributed by atoms with van der Waals surface area (Å²) in [6.45, 7) is 2.26. The molecule has 1 fully saturated rings. The average molecular weight is 549 g/mol. The number of aliphatic imine (C=N–C) groups is 1. The molecule has 1 amide bonds. The SMILES string of the molecule is CN=C(NCC(=O)Nc1ccc(F)c(F)c1F)N1CCN(c2ccccc2O)CC1.I. The van der Waals surface area contributed by atoms with Crippen molar-refractivity contribution >= 4 is 47.2 Å². The summed E-state index contributed by atoms with van der Waals surface area (Å²) in [6.07, 6.45) is 0. The van der Waals surface area contributed by atoms with Gasteiger partial charge in [-0.3, -0.25) is 9.79 Å². The number of phenolic OH excluding ortho intramolecular Hbond substituents is 1. The summed E-state index contributed by atoms with van der Waals surface area (Å²) in [5, 5.41) is 15.1. The molecule has 0 unspecified atom stereocenters. The van der Waals surface area contributed by atoms with Crippen molar-refractivity contribution in [1.29, 1.82) is 0 Å². The van der Waals surface area contributed by atoms with Crippen LogP contribution in [0, 0.1) is 17.5 Å². The van der Waals surface area contributed by atoms with Gasteiger partial charge in [-0.15, -0.1) is 24.0 Å². The zero-order chi connectivity index (χ0) is 21.7. The lowest BCUT2D eigenvalue weighted by Gasteiger charge is -2.37. The normalized spacial score (nSPS) is 14.1. The van der Waals surface area contributed by atoms with Crippen molar-refractivity contribution in [2.45, 2.75) is 0 Å². The molecule has 11 heteroatoms. The lowest BCUT2D eigenvalue weighted by Crippen LogP contribution is -2.53. The van der Waals surface area contributed by atoms with Crippen LogP contribution in [0.1, 0.15) is 0 Å². The van der Waals surface area contributed by atoms with Gasteiger partial charge in [0.2, 0.25) is 5.91 Å². The number of phenols is 1. The van der Waals surface area contributed by atoms with Gasteiger partial charge in [0, 0.05) is 33.2 Å². The molecular weight excluding hydrogens is 526 g/mol. The molecule has 2 aromatic rings. The van der Waals surface area contributed by atoms with E-state index in [0.717, 1.165) is 17.8 Å². The van der Waals surface area contributed by atoms with Crippen LogP contribution < -0.4 is 15.5 Å². The highest BCUT2D eigenvalue weighted by Gasteiger charge is 2.22. The third kappa shape index (κ3) is 5.93. The van der Waals surface area contributed by atoms with Gasteiger partial charge >= 0.3 is 0 Å². The fraction of sp³-hybridized carbons (Fsp3) is 0.300. The van der Waals surface area contributed by atoms with E-state index in [0.29, 0.717) is 32.1 Å². The molecule has 168 valence electrons. The zero-order valence-corrected chi connectivity index (χ0v) is 19.1. The first-order valence-corrected chi connectivity index (χ1v) is 9.32. The first-order valence-electron chi connectivity index (χ1n) is 9.32. The van der Waals surface area contributed by atoms with Crippen molar-refractivity contribution in [3.63, 3.8) is 0 Å². The Morgan fingerprint density at radius 1 is 1.06 bits per heavy atom. The molecule has 2 aromatic carbocycles. The van der Waals surface area contributed by atoms with Gasteiger partial charge in [0.05, 0.1) is 17.9 Å². The smallest absolute Gasteiger partial charge is 0.243 e. The second-order valence-corrected chi connectivity index (χ2v) is 6.63. The van der Waals surface area contributed by atoms with Crippen LogP contribution in [0.25, 0.3) is 0 Å². The molecule has 0 aromatic heterocycles. The first kappa shape index (κ1) is 24.6. The van der Waals surface area contributed by atoms with Crippen molar-refractivity contribution in [3.8, 4) is 5.75 Å². The van der Waals surface area contributed by atoms with E-state index in [1.165, 1.54) is 0 Å². The summed E-state index contributed by atoms with van der Waals surface area (Å²) in [5.74, 6) is -4.35. The van der Waals surface area contributed by atoms with Gasteiger partial charge in [0.15, 0.2) is 23.4 Å². The largest absolute Gasteiger partial charge is 0.506 e. The van der Waals surface area contributed by atoms with Crippen molar-refractivity contribution in [1.82, 2.24) is 10.2 Å². The Bertz CT molecular complexity index is 952. The van der Waals surface area contributed by atoms with Crippen molar-refractivity contribution in [3.05, 3.63) is 53.8 Å². The van der Waals surface area contributed by atoms with E-state index < -0.39 is 29.0 Å². The van der Waals surface area contributed by atoms with Crippen molar-refractivity contribution < 1.29 is 23.1 Å². The average Bonchev–Trinajstić information content (AvgIpc) is 2.75. The molecule has 3 rings (SSSR count). The van der Waals surface area contributed by atoms with E-state index in [2.05, 4.69) is 20.5 Å². The topological polar surface area (TPSA) is 80.2 Å². The first-order chi connectivity index (χ1) is 14.4. The minimum atomic E-state index is -1.64. The summed E-state index contributed by atoms with van der Waals surface area (Å²) >= 11 is 0. The Labute approximate surface area is 195 Å². The molecule has 1 aliphatic heterocycles. The second-order valence-electron chi connectivity index (χ2n) is 6.63. The van der Waals surface area contributed by atoms with E-state index in [4.69, 9.17) is 0 Å². The lowest BCUT2D eigenvalue weighted by atomic mass is 10.2. The van der Waals surface area contributed by atoms with E-state index in [-0.39, 0.29) is 36.3 Å². The lowest BCUT2D eigenvalue weighted by molar-refractivity contribution is -0.115. The number of hydrogen-bond acceptors (Lipinski definition) is 4. The minimum Gasteiger partial charge on any atom is -0.506 e.